The van der Waals surface area contributed by atoms with Gasteiger partial charge in [0.1, 0.15) is 0 Å². The summed E-state index contributed by atoms with van der Waals surface area (Å²) in [6.07, 6.45) is 3.49. The Morgan fingerprint density at radius 3 is 2.07 bits per heavy atom. The number of nitrogen functional groups attached to an aromatic ring is 2. The molecule has 0 saturated carbocycles. The third kappa shape index (κ3) is 1.88. The van der Waals surface area contributed by atoms with Gasteiger partial charge in [-0.15, -0.1) is 0 Å². The molecule has 0 bridgehead atoms. The molecule has 0 radical (unpaired) electrons. The standard InChI is InChI=1S/C9H15N5O/c10-7-6(15)8(11)13-9(12-7)14-4-2-1-3-5-14/h15H,1-5H2,(H4,10,11,12,13). The van der Waals surface area contributed by atoms with E-state index in [0.717, 1.165) is 25.9 Å². The second kappa shape index (κ2) is 3.80. The second-order valence-corrected chi connectivity index (χ2v) is 3.69. The fourth-order valence-corrected chi connectivity index (χ4v) is 1.71. The van der Waals surface area contributed by atoms with Gasteiger partial charge in [0.15, 0.2) is 11.6 Å². The molecule has 1 aromatic rings. The number of anilines is 3. The van der Waals surface area contributed by atoms with Crippen molar-refractivity contribution in [3.8, 4) is 5.75 Å². The Labute approximate surface area is 87.9 Å². The fourth-order valence-electron chi connectivity index (χ4n) is 1.71. The molecule has 6 nitrogen and oxygen atoms in total. The van der Waals surface area contributed by atoms with E-state index in [2.05, 4.69) is 9.97 Å². The maximum atomic E-state index is 9.34. The van der Waals surface area contributed by atoms with Crippen LogP contribution in [-0.2, 0) is 0 Å². The van der Waals surface area contributed by atoms with Crippen LogP contribution in [0, 0.1) is 0 Å². The minimum absolute atomic E-state index is 0.0445. The first-order valence-electron chi connectivity index (χ1n) is 5.05. The van der Waals surface area contributed by atoms with Crippen molar-refractivity contribution in [1.29, 1.82) is 0 Å². The first-order chi connectivity index (χ1) is 7.18. The molecule has 6 heteroatoms. The Bertz CT molecular complexity index is 339. The van der Waals surface area contributed by atoms with Crippen molar-refractivity contribution in [1.82, 2.24) is 9.97 Å². The zero-order valence-corrected chi connectivity index (χ0v) is 8.48. The third-order valence-corrected chi connectivity index (χ3v) is 2.57. The molecule has 1 aliphatic rings. The number of nitrogens with two attached hydrogens (primary N) is 2. The van der Waals surface area contributed by atoms with E-state index in [-0.39, 0.29) is 17.4 Å². The van der Waals surface area contributed by atoms with Gasteiger partial charge in [-0.1, -0.05) is 0 Å². The lowest BCUT2D eigenvalue weighted by Crippen LogP contribution is -2.31. The van der Waals surface area contributed by atoms with Gasteiger partial charge < -0.3 is 21.5 Å². The number of piperidine rings is 1. The molecule has 2 rings (SSSR count). The SMILES string of the molecule is Nc1nc(N2CCCCC2)nc(N)c1O. The van der Waals surface area contributed by atoms with Crippen LogP contribution in [0.1, 0.15) is 19.3 Å². The summed E-state index contributed by atoms with van der Waals surface area (Å²) in [6.45, 7) is 1.84. The van der Waals surface area contributed by atoms with Crippen LogP contribution in [0.15, 0.2) is 0 Å². The molecular weight excluding hydrogens is 194 g/mol. The average Bonchev–Trinajstić information content (AvgIpc) is 2.26. The normalized spacial score (nSPS) is 16.7. The lowest BCUT2D eigenvalue weighted by Gasteiger charge is -2.26. The van der Waals surface area contributed by atoms with Crippen LogP contribution in [0.25, 0.3) is 0 Å². The van der Waals surface area contributed by atoms with Crippen LogP contribution in [0.3, 0.4) is 0 Å². The van der Waals surface area contributed by atoms with Crippen LogP contribution in [0.5, 0.6) is 5.75 Å². The minimum Gasteiger partial charge on any atom is -0.502 e. The molecule has 15 heavy (non-hydrogen) atoms. The molecule has 0 unspecified atom stereocenters. The van der Waals surface area contributed by atoms with E-state index in [1.165, 1.54) is 6.42 Å². The molecule has 1 saturated heterocycles. The lowest BCUT2D eigenvalue weighted by atomic mass is 10.1. The molecule has 1 aromatic heterocycles. The van der Waals surface area contributed by atoms with Crippen LogP contribution in [0.4, 0.5) is 17.6 Å². The Kier molecular flexibility index (Phi) is 2.49. The molecule has 1 fully saturated rings. The summed E-state index contributed by atoms with van der Waals surface area (Å²) >= 11 is 0. The molecule has 0 atom stereocenters. The zero-order chi connectivity index (χ0) is 10.8. The van der Waals surface area contributed by atoms with Crippen molar-refractivity contribution in [3.05, 3.63) is 0 Å². The van der Waals surface area contributed by atoms with Gasteiger partial charge in [0.2, 0.25) is 11.7 Å². The average molecular weight is 209 g/mol. The Morgan fingerprint density at radius 1 is 1.00 bits per heavy atom. The van der Waals surface area contributed by atoms with Crippen molar-refractivity contribution in [2.24, 2.45) is 0 Å². The minimum atomic E-state index is -0.226. The summed E-state index contributed by atoms with van der Waals surface area (Å²) in [5.74, 6) is 0.379. The number of aromatic hydroxyl groups is 1. The maximum Gasteiger partial charge on any atom is 0.229 e. The predicted octanol–water partition coefficient (Wildman–Crippen LogP) is 0.337. The molecule has 0 amide bonds. The number of hydrogen-bond donors (Lipinski definition) is 3. The van der Waals surface area contributed by atoms with Crippen molar-refractivity contribution in [2.45, 2.75) is 19.3 Å². The zero-order valence-electron chi connectivity index (χ0n) is 8.48. The number of hydrogen-bond acceptors (Lipinski definition) is 6. The van der Waals surface area contributed by atoms with E-state index >= 15 is 0 Å². The van der Waals surface area contributed by atoms with Crippen LogP contribution >= 0.6 is 0 Å². The number of rotatable bonds is 1. The summed E-state index contributed by atoms with van der Waals surface area (Å²) in [6, 6.07) is 0. The molecule has 0 aliphatic carbocycles. The van der Waals surface area contributed by atoms with Gasteiger partial charge in [0.25, 0.3) is 0 Å². The van der Waals surface area contributed by atoms with Crippen molar-refractivity contribution >= 4 is 17.6 Å². The molecule has 1 aliphatic heterocycles. The van der Waals surface area contributed by atoms with E-state index in [9.17, 15) is 5.11 Å². The Hall–Kier alpha value is -1.72. The van der Waals surface area contributed by atoms with Gasteiger partial charge in [0.05, 0.1) is 0 Å². The largest absolute Gasteiger partial charge is 0.502 e. The lowest BCUT2D eigenvalue weighted by molar-refractivity contribution is 0.475. The van der Waals surface area contributed by atoms with Crippen LogP contribution in [-0.4, -0.2) is 28.2 Å². The number of aromatic nitrogens is 2. The summed E-state index contributed by atoms with van der Waals surface area (Å²) < 4.78 is 0. The van der Waals surface area contributed by atoms with Crippen LogP contribution in [0.2, 0.25) is 0 Å². The quantitative estimate of drug-likeness (QED) is 0.616. The van der Waals surface area contributed by atoms with E-state index in [1.54, 1.807) is 0 Å². The smallest absolute Gasteiger partial charge is 0.229 e. The Balaban J connectivity index is 2.27. The first kappa shape index (κ1) is 9.82. The summed E-state index contributed by atoms with van der Waals surface area (Å²) in [5, 5.41) is 9.34. The first-order valence-corrected chi connectivity index (χ1v) is 5.05. The van der Waals surface area contributed by atoms with Gasteiger partial charge in [0, 0.05) is 13.1 Å². The van der Waals surface area contributed by atoms with Gasteiger partial charge >= 0.3 is 0 Å². The van der Waals surface area contributed by atoms with Gasteiger partial charge in [-0.3, -0.25) is 0 Å². The summed E-state index contributed by atoms with van der Waals surface area (Å²) in [7, 11) is 0. The topological polar surface area (TPSA) is 101 Å². The molecule has 82 valence electrons. The van der Waals surface area contributed by atoms with E-state index in [1.807, 2.05) is 4.90 Å². The monoisotopic (exact) mass is 209 g/mol. The number of nitrogens with zero attached hydrogens (tertiary/aromatic N) is 3. The van der Waals surface area contributed by atoms with E-state index in [4.69, 9.17) is 11.5 Å². The van der Waals surface area contributed by atoms with Gasteiger partial charge in [-0.25, -0.2) is 0 Å². The van der Waals surface area contributed by atoms with Gasteiger partial charge in [-0.05, 0) is 19.3 Å². The third-order valence-electron chi connectivity index (χ3n) is 2.57. The molecule has 5 N–H and O–H groups in total. The molecule has 0 aromatic carbocycles. The summed E-state index contributed by atoms with van der Waals surface area (Å²) in [5.41, 5.74) is 11.0. The predicted molar refractivity (Wildman–Crippen MR) is 58.6 cm³/mol. The van der Waals surface area contributed by atoms with Crippen molar-refractivity contribution in [3.63, 3.8) is 0 Å². The Morgan fingerprint density at radius 2 is 1.53 bits per heavy atom. The van der Waals surface area contributed by atoms with Crippen molar-refractivity contribution in [2.75, 3.05) is 29.5 Å². The highest BCUT2D eigenvalue weighted by Gasteiger charge is 2.16. The van der Waals surface area contributed by atoms with E-state index < -0.39 is 0 Å². The highest BCUT2D eigenvalue weighted by molar-refractivity contribution is 5.61. The highest BCUT2D eigenvalue weighted by atomic mass is 16.3. The molecule has 0 spiro atoms. The summed E-state index contributed by atoms with van der Waals surface area (Å²) in [4.78, 5) is 10.1. The van der Waals surface area contributed by atoms with Crippen LogP contribution < -0.4 is 16.4 Å². The van der Waals surface area contributed by atoms with Gasteiger partial charge in [-0.2, -0.15) is 9.97 Å². The molecule has 2 heterocycles. The van der Waals surface area contributed by atoms with Crippen molar-refractivity contribution < 1.29 is 5.11 Å². The second-order valence-electron chi connectivity index (χ2n) is 3.69. The maximum absolute atomic E-state index is 9.34. The highest BCUT2D eigenvalue weighted by Crippen LogP contribution is 2.27. The van der Waals surface area contributed by atoms with E-state index in [0.29, 0.717) is 5.95 Å². The molecular formula is C9H15N5O. The fraction of sp³-hybridized carbons (Fsp3) is 0.556.